The van der Waals surface area contributed by atoms with Gasteiger partial charge >= 0.3 is 5.97 Å². The second kappa shape index (κ2) is 4.91. The predicted octanol–water partition coefficient (Wildman–Crippen LogP) is 2.38. The summed E-state index contributed by atoms with van der Waals surface area (Å²) in [7, 11) is 1.26. The van der Waals surface area contributed by atoms with E-state index in [0.29, 0.717) is 17.0 Å². The first-order valence-electron chi connectivity index (χ1n) is 5.30. The largest absolute Gasteiger partial charge is 0.463 e. The van der Waals surface area contributed by atoms with Gasteiger partial charge in [0.25, 0.3) is 0 Å². The van der Waals surface area contributed by atoms with Gasteiger partial charge in [-0.15, -0.1) is 0 Å². The monoisotopic (exact) mass is 246 g/mol. The van der Waals surface area contributed by atoms with Crippen LogP contribution in [0.15, 0.2) is 30.3 Å². The van der Waals surface area contributed by atoms with E-state index < -0.39 is 5.97 Å². The van der Waals surface area contributed by atoms with Gasteiger partial charge in [0.05, 0.1) is 12.8 Å². The van der Waals surface area contributed by atoms with Crippen LogP contribution in [-0.4, -0.2) is 23.0 Å². The maximum atomic E-state index is 13.1. The number of ether oxygens (including phenoxy) is 1. The van der Waals surface area contributed by atoms with Gasteiger partial charge < -0.3 is 4.74 Å². The first-order valence-corrected chi connectivity index (χ1v) is 5.30. The normalized spacial score (nSPS) is 10.2. The van der Waals surface area contributed by atoms with Gasteiger partial charge in [0.1, 0.15) is 5.82 Å². The highest BCUT2D eigenvalue weighted by atomic mass is 19.1. The smallest absolute Gasteiger partial charge is 0.376 e. The van der Waals surface area contributed by atoms with Crippen molar-refractivity contribution in [1.29, 1.82) is 0 Å². The number of hydrogen-bond donors (Lipinski definition) is 0. The fraction of sp³-hybridized carbons (Fsp3) is 0.154. The summed E-state index contributed by atoms with van der Waals surface area (Å²) >= 11 is 0. The number of nitrogens with zero attached hydrogens (tertiary/aromatic N) is 2. The van der Waals surface area contributed by atoms with Gasteiger partial charge in [-0.25, -0.2) is 19.2 Å². The van der Waals surface area contributed by atoms with Crippen molar-refractivity contribution in [3.63, 3.8) is 0 Å². The van der Waals surface area contributed by atoms with Crippen molar-refractivity contribution < 1.29 is 13.9 Å². The highest BCUT2D eigenvalue weighted by Gasteiger charge is 2.12. The van der Waals surface area contributed by atoms with Crippen molar-refractivity contribution in [2.45, 2.75) is 6.92 Å². The number of carbonyl (C=O) groups excluding carboxylic acids is 1. The van der Waals surface area contributed by atoms with Gasteiger partial charge in [0, 0.05) is 11.3 Å². The molecule has 0 unspecified atom stereocenters. The van der Waals surface area contributed by atoms with Gasteiger partial charge in [-0.1, -0.05) is 12.1 Å². The Labute approximate surface area is 103 Å². The van der Waals surface area contributed by atoms with Crippen molar-refractivity contribution >= 4 is 5.97 Å². The number of benzene rings is 1. The molecule has 1 aromatic carbocycles. The molecular formula is C13H11FN2O2. The van der Waals surface area contributed by atoms with Gasteiger partial charge in [0.2, 0.25) is 5.82 Å². The summed E-state index contributed by atoms with van der Waals surface area (Å²) in [6.07, 6.45) is 0. The second-order valence-corrected chi connectivity index (χ2v) is 3.72. The number of rotatable bonds is 2. The average Bonchev–Trinajstić information content (AvgIpc) is 2.37. The van der Waals surface area contributed by atoms with E-state index in [1.165, 1.54) is 19.2 Å². The van der Waals surface area contributed by atoms with Crippen molar-refractivity contribution in [1.82, 2.24) is 9.97 Å². The maximum Gasteiger partial charge on any atom is 0.376 e. The fourth-order valence-corrected chi connectivity index (χ4v) is 1.55. The zero-order valence-electron chi connectivity index (χ0n) is 9.98. The van der Waals surface area contributed by atoms with Crippen LogP contribution in [0.5, 0.6) is 0 Å². The number of aryl methyl sites for hydroxylation is 1. The molecule has 0 fully saturated rings. The van der Waals surface area contributed by atoms with Crippen LogP contribution in [0.2, 0.25) is 0 Å². The highest BCUT2D eigenvalue weighted by Crippen LogP contribution is 2.18. The Balaban J connectivity index is 2.51. The third-order valence-electron chi connectivity index (χ3n) is 2.34. The Kier molecular flexibility index (Phi) is 3.32. The minimum Gasteiger partial charge on any atom is -0.463 e. The van der Waals surface area contributed by atoms with Crippen LogP contribution in [0.4, 0.5) is 4.39 Å². The lowest BCUT2D eigenvalue weighted by atomic mass is 10.1. The third-order valence-corrected chi connectivity index (χ3v) is 2.34. The van der Waals surface area contributed by atoms with Gasteiger partial charge in [-0.2, -0.15) is 0 Å². The van der Waals surface area contributed by atoms with E-state index in [-0.39, 0.29) is 11.6 Å². The van der Waals surface area contributed by atoms with E-state index in [2.05, 4.69) is 14.7 Å². The number of hydrogen-bond acceptors (Lipinski definition) is 4. The van der Waals surface area contributed by atoms with Crippen molar-refractivity contribution in [2.24, 2.45) is 0 Å². The van der Waals surface area contributed by atoms with Crippen LogP contribution < -0.4 is 0 Å². The lowest BCUT2D eigenvalue weighted by Crippen LogP contribution is -2.09. The zero-order chi connectivity index (χ0) is 13.1. The quantitative estimate of drug-likeness (QED) is 0.763. The molecule has 0 N–H and O–H groups in total. The SMILES string of the molecule is COC(=O)c1nc(C)cc(-c2cccc(F)c2)n1. The molecule has 92 valence electrons. The molecule has 1 aromatic heterocycles. The van der Waals surface area contributed by atoms with E-state index >= 15 is 0 Å². The minimum atomic E-state index is -0.614. The Morgan fingerprint density at radius 1 is 1.28 bits per heavy atom. The molecule has 18 heavy (non-hydrogen) atoms. The molecule has 0 aliphatic rings. The number of carbonyl (C=O) groups is 1. The van der Waals surface area contributed by atoms with E-state index in [1.807, 2.05) is 0 Å². The van der Waals surface area contributed by atoms with E-state index in [0.717, 1.165) is 0 Å². The van der Waals surface area contributed by atoms with Crippen molar-refractivity contribution in [3.05, 3.63) is 47.7 Å². The Hall–Kier alpha value is -2.30. The van der Waals surface area contributed by atoms with Crippen LogP contribution in [0.1, 0.15) is 16.3 Å². The van der Waals surface area contributed by atoms with E-state index in [1.54, 1.807) is 25.1 Å². The molecule has 0 amide bonds. The van der Waals surface area contributed by atoms with Crippen LogP contribution in [0.25, 0.3) is 11.3 Å². The number of esters is 1. The van der Waals surface area contributed by atoms with E-state index in [9.17, 15) is 9.18 Å². The molecule has 0 saturated heterocycles. The molecule has 0 aliphatic carbocycles. The Morgan fingerprint density at radius 3 is 2.72 bits per heavy atom. The summed E-state index contributed by atoms with van der Waals surface area (Å²) in [6, 6.07) is 7.68. The van der Waals surface area contributed by atoms with Crippen LogP contribution in [0, 0.1) is 12.7 Å². The van der Waals surface area contributed by atoms with Crippen molar-refractivity contribution in [2.75, 3.05) is 7.11 Å². The van der Waals surface area contributed by atoms with Crippen molar-refractivity contribution in [3.8, 4) is 11.3 Å². The lowest BCUT2D eigenvalue weighted by molar-refractivity contribution is 0.0586. The zero-order valence-corrected chi connectivity index (χ0v) is 9.98. The highest BCUT2D eigenvalue weighted by molar-refractivity contribution is 5.85. The molecule has 0 bridgehead atoms. The number of methoxy groups -OCH3 is 1. The molecule has 2 rings (SSSR count). The van der Waals surface area contributed by atoms with Gasteiger partial charge in [-0.05, 0) is 25.1 Å². The third kappa shape index (κ3) is 2.51. The van der Waals surface area contributed by atoms with Gasteiger partial charge in [-0.3, -0.25) is 0 Å². The lowest BCUT2D eigenvalue weighted by Gasteiger charge is -2.05. The number of halogens is 1. The summed E-state index contributed by atoms with van der Waals surface area (Å²) in [4.78, 5) is 19.4. The molecule has 2 aromatic rings. The summed E-state index contributed by atoms with van der Waals surface area (Å²) in [6.45, 7) is 1.73. The first kappa shape index (κ1) is 12.2. The molecule has 0 spiro atoms. The van der Waals surface area contributed by atoms with E-state index in [4.69, 9.17) is 0 Å². The molecule has 0 aliphatic heterocycles. The molecule has 0 atom stereocenters. The standard InChI is InChI=1S/C13H11FN2O2/c1-8-6-11(9-4-3-5-10(14)7-9)16-12(15-8)13(17)18-2/h3-7H,1-2H3. The average molecular weight is 246 g/mol. The molecule has 1 heterocycles. The molecular weight excluding hydrogens is 235 g/mol. The summed E-state index contributed by atoms with van der Waals surface area (Å²) in [5.74, 6) is -1.00. The predicted molar refractivity (Wildman–Crippen MR) is 63.5 cm³/mol. The Bertz CT molecular complexity index is 599. The molecule has 0 radical (unpaired) electrons. The summed E-state index contributed by atoms with van der Waals surface area (Å²) < 4.78 is 17.7. The second-order valence-electron chi connectivity index (χ2n) is 3.72. The molecule has 4 nitrogen and oxygen atoms in total. The van der Waals surface area contributed by atoms with Gasteiger partial charge in [0.15, 0.2) is 0 Å². The first-order chi connectivity index (χ1) is 8.60. The molecule has 0 saturated carbocycles. The molecule has 5 heteroatoms. The Morgan fingerprint density at radius 2 is 2.06 bits per heavy atom. The topological polar surface area (TPSA) is 52.1 Å². The van der Waals surface area contributed by atoms with Crippen LogP contribution in [-0.2, 0) is 4.74 Å². The van der Waals surface area contributed by atoms with Crippen LogP contribution >= 0.6 is 0 Å². The maximum absolute atomic E-state index is 13.1. The summed E-state index contributed by atoms with van der Waals surface area (Å²) in [5.41, 5.74) is 1.69. The minimum absolute atomic E-state index is 0.0308. The van der Waals surface area contributed by atoms with Crippen LogP contribution in [0.3, 0.4) is 0 Å². The summed E-state index contributed by atoms with van der Waals surface area (Å²) in [5, 5.41) is 0. The fourth-order valence-electron chi connectivity index (χ4n) is 1.55. The number of aromatic nitrogens is 2.